The van der Waals surface area contributed by atoms with E-state index in [1.807, 2.05) is 36.8 Å². The molecule has 0 saturated carbocycles. The first-order chi connectivity index (χ1) is 17.1. The Hall–Kier alpha value is -3.72. The van der Waals surface area contributed by atoms with Gasteiger partial charge in [0.1, 0.15) is 17.1 Å². The fourth-order valence-electron chi connectivity index (χ4n) is 4.16. The van der Waals surface area contributed by atoms with Crippen LogP contribution < -0.4 is 15.0 Å². The zero-order valence-electron chi connectivity index (χ0n) is 20.4. The standard InChI is InChI=1S/C26H31N7O2/c1-18(2)33-17-29-23-25(27-11-10-19-4-7-21(34-3)8-5-19)30-24(31-26(23)33)20-6-9-22(28-16-20)32-12-14-35-15-13-32/h4-9,16-18H,10-15H2,1-3H3,(H,27,30,31). The molecule has 0 atom stereocenters. The molecule has 9 heteroatoms. The van der Waals surface area contributed by atoms with E-state index in [-0.39, 0.29) is 6.04 Å². The van der Waals surface area contributed by atoms with Gasteiger partial charge < -0.3 is 24.3 Å². The third-order valence-electron chi connectivity index (χ3n) is 6.18. The minimum absolute atomic E-state index is 0.233. The van der Waals surface area contributed by atoms with E-state index in [0.717, 1.165) is 73.4 Å². The molecule has 1 aromatic carbocycles. The Morgan fingerprint density at radius 2 is 1.83 bits per heavy atom. The monoisotopic (exact) mass is 473 g/mol. The van der Waals surface area contributed by atoms with Crippen LogP contribution in [0.25, 0.3) is 22.6 Å². The lowest BCUT2D eigenvalue weighted by Crippen LogP contribution is -2.36. The van der Waals surface area contributed by atoms with E-state index in [2.05, 4.69) is 50.7 Å². The summed E-state index contributed by atoms with van der Waals surface area (Å²) >= 11 is 0. The van der Waals surface area contributed by atoms with Crippen molar-refractivity contribution in [3.63, 3.8) is 0 Å². The molecular weight excluding hydrogens is 442 g/mol. The van der Waals surface area contributed by atoms with Gasteiger partial charge in [0, 0.05) is 37.4 Å². The van der Waals surface area contributed by atoms with Gasteiger partial charge in [-0.05, 0) is 50.1 Å². The molecule has 1 N–H and O–H groups in total. The molecule has 1 saturated heterocycles. The molecule has 3 aromatic heterocycles. The summed E-state index contributed by atoms with van der Waals surface area (Å²) in [4.78, 5) is 21.3. The lowest BCUT2D eigenvalue weighted by atomic mass is 10.1. The number of imidazole rings is 1. The number of hydrogen-bond donors (Lipinski definition) is 1. The smallest absolute Gasteiger partial charge is 0.166 e. The van der Waals surface area contributed by atoms with Crippen molar-refractivity contribution in [3.05, 3.63) is 54.5 Å². The van der Waals surface area contributed by atoms with Crippen molar-refractivity contribution < 1.29 is 9.47 Å². The second-order valence-electron chi connectivity index (χ2n) is 8.84. The van der Waals surface area contributed by atoms with Crippen molar-refractivity contribution in [1.29, 1.82) is 0 Å². The van der Waals surface area contributed by atoms with E-state index in [1.54, 1.807) is 7.11 Å². The molecular formula is C26H31N7O2. The highest BCUT2D eigenvalue weighted by molar-refractivity contribution is 5.85. The van der Waals surface area contributed by atoms with E-state index in [4.69, 9.17) is 19.4 Å². The lowest BCUT2D eigenvalue weighted by Gasteiger charge is -2.27. The molecule has 5 rings (SSSR count). The molecule has 0 spiro atoms. The normalized spacial score (nSPS) is 14.0. The molecule has 0 aliphatic carbocycles. The highest BCUT2D eigenvalue weighted by Crippen LogP contribution is 2.26. The van der Waals surface area contributed by atoms with Crippen LogP contribution in [0.15, 0.2) is 48.9 Å². The third kappa shape index (κ3) is 5.05. The van der Waals surface area contributed by atoms with Crippen molar-refractivity contribution in [2.75, 3.05) is 50.2 Å². The van der Waals surface area contributed by atoms with Crippen LogP contribution >= 0.6 is 0 Å². The number of fused-ring (bicyclic) bond motifs is 1. The Morgan fingerprint density at radius 3 is 2.51 bits per heavy atom. The van der Waals surface area contributed by atoms with Gasteiger partial charge in [-0.1, -0.05) is 12.1 Å². The quantitative estimate of drug-likeness (QED) is 0.411. The molecule has 1 aliphatic heterocycles. The highest BCUT2D eigenvalue weighted by Gasteiger charge is 2.17. The van der Waals surface area contributed by atoms with Crippen LogP contribution in [0.3, 0.4) is 0 Å². The molecule has 0 unspecified atom stereocenters. The number of pyridine rings is 1. The SMILES string of the molecule is COc1ccc(CCNc2nc(-c3ccc(N4CCOCC4)nc3)nc3c2ncn3C(C)C)cc1. The van der Waals surface area contributed by atoms with Gasteiger partial charge in [0.15, 0.2) is 17.3 Å². The first kappa shape index (κ1) is 23.0. The summed E-state index contributed by atoms with van der Waals surface area (Å²) in [6.45, 7) is 8.13. The van der Waals surface area contributed by atoms with Crippen molar-refractivity contribution in [3.8, 4) is 17.1 Å². The minimum Gasteiger partial charge on any atom is -0.497 e. The van der Waals surface area contributed by atoms with E-state index >= 15 is 0 Å². The molecule has 35 heavy (non-hydrogen) atoms. The molecule has 0 bridgehead atoms. The topological polar surface area (TPSA) is 90.2 Å². The van der Waals surface area contributed by atoms with Crippen LogP contribution in [-0.4, -0.2) is 64.5 Å². The van der Waals surface area contributed by atoms with Gasteiger partial charge in [-0.15, -0.1) is 0 Å². The number of benzene rings is 1. The number of rotatable bonds is 8. The van der Waals surface area contributed by atoms with Crippen molar-refractivity contribution in [2.45, 2.75) is 26.3 Å². The molecule has 0 amide bonds. The number of ether oxygens (including phenoxy) is 2. The molecule has 9 nitrogen and oxygen atoms in total. The zero-order chi connectivity index (χ0) is 24.2. The maximum Gasteiger partial charge on any atom is 0.166 e. The molecule has 0 radical (unpaired) electrons. The molecule has 4 heterocycles. The van der Waals surface area contributed by atoms with Gasteiger partial charge >= 0.3 is 0 Å². The van der Waals surface area contributed by atoms with E-state index in [1.165, 1.54) is 5.56 Å². The molecule has 182 valence electrons. The van der Waals surface area contributed by atoms with E-state index < -0.39 is 0 Å². The van der Waals surface area contributed by atoms with Crippen LogP contribution in [0.2, 0.25) is 0 Å². The van der Waals surface area contributed by atoms with Crippen molar-refractivity contribution in [2.24, 2.45) is 0 Å². The molecule has 4 aromatic rings. The summed E-state index contributed by atoms with van der Waals surface area (Å²) in [5.74, 6) is 3.17. The average molecular weight is 474 g/mol. The summed E-state index contributed by atoms with van der Waals surface area (Å²) in [6, 6.07) is 12.4. The zero-order valence-corrected chi connectivity index (χ0v) is 20.4. The van der Waals surface area contributed by atoms with Crippen LogP contribution in [0.1, 0.15) is 25.5 Å². The number of nitrogens with zero attached hydrogens (tertiary/aromatic N) is 6. The number of anilines is 2. The highest BCUT2D eigenvalue weighted by atomic mass is 16.5. The van der Waals surface area contributed by atoms with Crippen LogP contribution in [0.5, 0.6) is 5.75 Å². The number of methoxy groups -OCH3 is 1. The maximum absolute atomic E-state index is 5.45. The summed E-state index contributed by atoms with van der Waals surface area (Å²) in [6.07, 6.45) is 4.54. The van der Waals surface area contributed by atoms with E-state index in [9.17, 15) is 0 Å². The van der Waals surface area contributed by atoms with Gasteiger partial charge in [-0.3, -0.25) is 0 Å². The molecule has 1 aliphatic rings. The average Bonchev–Trinajstić information content (AvgIpc) is 3.34. The summed E-state index contributed by atoms with van der Waals surface area (Å²) in [7, 11) is 1.68. The first-order valence-corrected chi connectivity index (χ1v) is 12.0. The Labute approximate surface area is 205 Å². The predicted molar refractivity (Wildman–Crippen MR) is 137 cm³/mol. The Kier molecular flexibility index (Phi) is 6.76. The Morgan fingerprint density at radius 1 is 1.03 bits per heavy atom. The number of hydrogen-bond acceptors (Lipinski definition) is 8. The van der Waals surface area contributed by atoms with Crippen molar-refractivity contribution in [1.82, 2.24) is 24.5 Å². The van der Waals surface area contributed by atoms with Gasteiger partial charge in [-0.2, -0.15) is 0 Å². The fourth-order valence-corrected chi connectivity index (χ4v) is 4.16. The van der Waals surface area contributed by atoms with Crippen LogP contribution in [0.4, 0.5) is 11.6 Å². The predicted octanol–water partition coefficient (Wildman–Crippen LogP) is 3.97. The largest absolute Gasteiger partial charge is 0.497 e. The number of aromatic nitrogens is 5. The fraction of sp³-hybridized carbons (Fsp3) is 0.385. The van der Waals surface area contributed by atoms with Gasteiger partial charge in [0.25, 0.3) is 0 Å². The maximum atomic E-state index is 5.45. The van der Waals surface area contributed by atoms with Gasteiger partial charge in [0.2, 0.25) is 0 Å². The third-order valence-corrected chi connectivity index (χ3v) is 6.18. The second kappa shape index (κ2) is 10.3. The van der Waals surface area contributed by atoms with Crippen LogP contribution in [0, 0.1) is 0 Å². The first-order valence-electron chi connectivity index (χ1n) is 12.0. The Balaban J connectivity index is 1.41. The molecule has 1 fully saturated rings. The van der Waals surface area contributed by atoms with E-state index in [0.29, 0.717) is 5.82 Å². The lowest BCUT2D eigenvalue weighted by molar-refractivity contribution is 0.122. The minimum atomic E-state index is 0.233. The summed E-state index contributed by atoms with van der Waals surface area (Å²) in [5, 5.41) is 3.49. The van der Waals surface area contributed by atoms with Gasteiger partial charge in [0.05, 0.1) is 26.7 Å². The number of morpholine rings is 1. The van der Waals surface area contributed by atoms with Gasteiger partial charge in [-0.25, -0.2) is 19.9 Å². The second-order valence-corrected chi connectivity index (χ2v) is 8.84. The summed E-state index contributed by atoms with van der Waals surface area (Å²) in [5.41, 5.74) is 3.68. The number of nitrogens with one attached hydrogen (secondary N) is 1. The Bertz CT molecular complexity index is 1260. The summed E-state index contributed by atoms with van der Waals surface area (Å²) < 4.78 is 12.8. The van der Waals surface area contributed by atoms with Crippen LogP contribution in [-0.2, 0) is 11.2 Å². The van der Waals surface area contributed by atoms with Crippen molar-refractivity contribution >= 4 is 22.8 Å².